The fourth-order valence-corrected chi connectivity index (χ4v) is 1.68. The molecule has 0 aliphatic rings. The van der Waals surface area contributed by atoms with Crippen LogP contribution in [-0.2, 0) is 4.79 Å². The second-order valence-electron chi connectivity index (χ2n) is 4.20. The number of carbonyl (C=O) groups is 1. The van der Waals surface area contributed by atoms with E-state index < -0.39 is 0 Å². The van der Waals surface area contributed by atoms with Crippen LogP contribution in [0.2, 0.25) is 0 Å². The summed E-state index contributed by atoms with van der Waals surface area (Å²) in [5, 5.41) is 2.99. The Balaban J connectivity index is 3.63. The van der Waals surface area contributed by atoms with Gasteiger partial charge in [-0.3, -0.25) is 4.79 Å². The van der Waals surface area contributed by atoms with Crippen molar-refractivity contribution in [3.8, 4) is 12.3 Å². The standard InChI is InChI=1S/C14H25NO/c1-4-7-9-10-12-15-14(16)13(6-3)11-8-5-2/h1,13H,5-12H2,2-3H3,(H,15,16). The molecular weight excluding hydrogens is 198 g/mol. The van der Waals surface area contributed by atoms with Crippen LogP contribution in [0.4, 0.5) is 0 Å². The van der Waals surface area contributed by atoms with E-state index in [-0.39, 0.29) is 11.8 Å². The van der Waals surface area contributed by atoms with Crippen molar-refractivity contribution in [3.05, 3.63) is 0 Å². The highest BCUT2D eigenvalue weighted by Gasteiger charge is 2.14. The third-order valence-corrected chi connectivity index (χ3v) is 2.82. The molecule has 2 heteroatoms. The van der Waals surface area contributed by atoms with Crippen LogP contribution < -0.4 is 5.32 Å². The van der Waals surface area contributed by atoms with Gasteiger partial charge in [0.15, 0.2) is 0 Å². The number of hydrogen-bond donors (Lipinski definition) is 1. The smallest absolute Gasteiger partial charge is 0.223 e. The number of hydrogen-bond acceptors (Lipinski definition) is 1. The maximum absolute atomic E-state index is 11.8. The SMILES string of the molecule is C#CCCCCNC(=O)C(CC)CCCC. The van der Waals surface area contributed by atoms with Crippen molar-refractivity contribution < 1.29 is 4.79 Å². The molecule has 1 N–H and O–H groups in total. The number of amides is 1. The van der Waals surface area contributed by atoms with Crippen LogP contribution in [-0.4, -0.2) is 12.5 Å². The Labute approximate surface area is 100 Å². The van der Waals surface area contributed by atoms with Gasteiger partial charge in [0.25, 0.3) is 0 Å². The summed E-state index contributed by atoms with van der Waals surface area (Å²) in [6.45, 7) is 5.01. The zero-order valence-electron chi connectivity index (χ0n) is 10.7. The predicted octanol–water partition coefficient (Wildman–Crippen LogP) is 3.12. The van der Waals surface area contributed by atoms with Crippen LogP contribution >= 0.6 is 0 Å². The first-order valence-corrected chi connectivity index (χ1v) is 6.47. The molecule has 1 unspecified atom stereocenters. The molecule has 0 aliphatic heterocycles. The van der Waals surface area contributed by atoms with Gasteiger partial charge in [-0.1, -0.05) is 26.7 Å². The van der Waals surface area contributed by atoms with Gasteiger partial charge in [0, 0.05) is 18.9 Å². The van der Waals surface area contributed by atoms with Gasteiger partial charge in [0.1, 0.15) is 0 Å². The van der Waals surface area contributed by atoms with Crippen molar-refractivity contribution in [1.29, 1.82) is 0 Å². The van der Waals surface area contributed by atoms with Gasteiger partial charge < -0.3 is 5.32 Å². The molecular formula is C14H25NO. The molecule has 0 aromatic heterocycles. The molecule has 0 aromatic carbocycles. The van der Waals surface area contributed by atoms with E-state index in [2.05, 4.69) is 25.1 Å². The Bertz CT molecular complexity index is 217. The van der Waals surface area contributed by atoms with Crippen LogP contribution in [0.15, 0.2) is 0 Å². The minimum Gasteiger partial charge on any atom is -0.356 e. The van der Waals surface area contributed by atoms with Crippen molar-refractivity contribution in [2.75, 3.05) is 6.54 Å². The molecule has 92 valence electrons. The summed E-state index contributed by atoms with van der Waals surface area (Å²) < 4.78 is 0. The molecule has 0 aliphatic carbocycles. The predicted molar refractivity (Wildman–Crippen MR) is 69.0 cm³/mol. The largest absolute Gasteiger partial charge is 0.356 e. The molecule has 0 heterocycles. The summed E-state index contributed by atoms with van der Waals surface area (Å²) in [6, 6.07) is 0. The van der Waals surface area contributed by atoms with Crippen molar-refractivity contribution >= 4 is 5.91 Å². The molecule has 16 heavy (non-hydrogen) atoms. The normalized spacial score (nSPS) is 11.8. The molecule has 0 saturated heterocycles. The highest BCUT2D eigenvalue weighted by molar-refractivity contribution is 5.78. The zero-order chi connectivity index (χ0) is 12.2. The summed E-state index contributed by atoms with van der Waals surface area (Å²) in [6.07, 6.45) is 12.2. The lowest BCUT2D eigenvalue weighted by atomic mass is 9.98. The van der Waals surface area contributed by atoms with E-state index in [1.54, 1.807) is 0 Å². The van der Waals surface area contributed by atoms with Gasteiger partial charge in [0.05, 0.1) is 0 Å². The molecule has 2 nitrogen and oxygen atoms in total. The van der Waals surface area contributed by atoms with E-state index in [0.717, 1.165) is 51.5 Å². The van der Waals surface area contributed by atoms with Crippen LogP contribution in [0.3, 0.4) is 0 Å². The van der Waals surface area contributed by atoms with Gasteiger partial charge in [-0.25, -0.2) is 0 Å². The second-order valence-corrected chi connectivity index (χ2v) is 4.20. The third-order valence-electron chi connectivity index (χ3n) is 2.82. The van der Waals surface area contributed by atoms with Crippen molar-refractivity contribution in [3.63, 3.8) is 0 Å². The molecule has 0 saturated carbocycles. The summed E-state index contributed by atoms with van der Waals surface area (Å²) in [4.78, 5) is 11.8. The summed E-state index contributed by atoms with van der Waals surface area (Å²) in [5.41, 5.74) is 0. The lowest BCUT2D eigenvalue weighted by Gasteiger charge is -2.14. The Morgan fingerprint density at radius 3 is 2.62 bits per heavy atom. The number of unbranched alkanes of at least 4 members (excludes halogenated alkanes) is 3. The van der Waals surface area contributed by atoms with Gasteiger partial charge in [0.2, 0.25) is 5.91 Å². The van der Waals surface area contributed by atoms with Gasteiger partial charge >= 0.3 is 0 Å². The molecule has 0 rings (SSSR count). The first kappa shape index (κ1) is 15.0. The summed E-state index contributed by atoms with van der Waals surface area (Å²) in [7, 11) is 0. The van der Waals surface area contributed by atoms with Crippen LogP contribution in [0.5, 0.6) is 0 Å². The average Bonchev–Trinajstić information content (AvgIpc) is 2.30. The molecule has 0 fully saturated rings. The first-order chi connectivity index (χ1) is 7.76. The summed E-state index contributed by atoms with van der Waals surface area (Å²) >= 11 is 0. The number of carbonyl (C=O) groups excluding carboxylic acids is 1. The number of terminal acetylenes is 1. The van der Waals surface area contributed by atoms with E-state index in [4.69, 9.17) is 6.42 Å². The van der Waals surface area contributed by atoms with Gasteiger partial charge in [-0.15, -0.1) is 12.3 Å². The minimum absolute atomic E-state index is 0.201. The lowest BCUT2D eigenvalue weighted by molar-refractivity contribution is -0.125. The molecule has 1 amide bonds. The Morgan fingerprint density at radius 1 is 1.31 bits per heavy atom. The first-order valence-electron chi connectivity index (χ1n) is 6.47. The molecule has 0 spiro atoms. The Kier molecular flexibility index (Phi) is 9.91. The van der Waals surface area contributed by atoms with Gasteiger partial charge in [-0.2, -0.15) is 0 Å². The lowest BCUT2D eigenvalue weighted by Crippen LogP contribution is -2.31. The molecule has 1 atom stereocenters. The number of rotatable bonds is 9. The van der Waals surface area contributed by atoms with Crippen LogP contribution in [0, 0.1) is 18.3 Å². The third kappa shape index (κ3) is 7.34. The maximum atomic E-state index is 11.8. The molecule has 0 bridgehead atoms. The minimum atomic E-state index is 0.201. The van der Waals surface area contributed by atoms with Crippen LogP contribution in [0.25, 0.3) is 0 Å². The van der Waals surface area contributed by atoms with Gasteiger partial charge in [-0.05, 0) is 25.7 Å². The monoisotopic (exact) mass is 223 g/mol. The van der Waals surface area contributed by atoms with E-state index in [9.17, 15) is 4.79 Å². The summed E-state index contributed by atoms with van der Waals surface area (Å²) in [5.74, 6) is 3.03. The highest BCUT2D eigenvalue weighted by Crippen LogP contribution is 2.12. The Morgan fingerprint density at radius 2 is 2.06 bits per heavy atom. The van der Waals surface area contributed by atoms with Crippen LogP contribution in [0.1, 0.15) is 58.8 Å². The number of nitrogens with one attached hydrogen (secondary N) is 1. The van der Waals surface area contributed by atoms with E-state index in [1.165, 1.54) is 0 Å². The maximum Gasteiger partial charge on any atom is 0.223 e. The fraction of sp³-hybridized carbons (Fsp3) is 0.786. The average molecular weight is 223 g/mol. The van der Waals surface area contributed by atoms with E-state index >= 15 is 0 Å². The van der Waals surface area contributed by atoms with Crippen molar-refractivity contribution in [2.45, 2.75) is 58.8 Å². The molecule has 0 aromatic rings. The topological polar surface area (TPSA) is 29.1 Å². The highest BCUT2D eigenvalue weighted by atomic mass is 16.1. The van der Waals surface area contributed by atoms with E-state index in [0.29, 0.717) is 0 Å². The molecule has 0 radical (unpaired) electrons. The Hall–Kier alpha value is -0.970. The second kappa shape index (κ2) is 10.5. The quantitative estimate of drug-likeness (QED) is 0.472. The van der Waals surface area contributed by atoms with Crippen molar-refractivity contribution in [1.82, 2.24) is 5.32 Å². The fourth-order valence-electron chi connectivity index (χ4n) is 1.68. The zero-order valence-corrected chi connectivity index (χ0v) is 10.7. The van der Waals surface area contributed by atoms with E-state index in [1.807, 2.05) is 0 Å². The van der Waals surface area contributed by atoms with Crippen molar-refractivity contribution in [2.24, 2.45) is 5.92 Å².